The molecular weight excluding hydrogens is 420 g/mol. The second-order valence-electron chi connectivity index (χ2n) is 7.03. The first kappa shape index (κ1) is 20.5. The smallest absolute Gasteiger partial charge is 0.309 e. The molecule has 0 radical (unpaired) electrons. The van der Waals surface area contributed by atoms with Crippen molar-refractivity contribution in [3.8, 4) is 0 Å². The van der Waals surface area contributed by atoms with Crippen molar-refractivity contribution >= 4 is 34.5 Å². The first-order valence-electron chi connectivity index (χ1n) is 9.53. The van der Waals surface area contributed by atoms with Crippen LogP contribution in [0, 0.1) is 0 Å². The van der Waals surface area contributed by atoms with E-state index in [-0.39, 0.29) is 5.56 Å². The van der Waals surface area contributed by atoms with Crippen molar-refractivity contribution in [1.82, 2.24) is 18.7 Å². The Kier molecular flexibility index (Phi) is 5.83. The lowest BCUT2D eigenvalue weighted by molar-refractivity contribution is 0.696. The number of thioether (sulfide) groups is 1. The molecule has 0 spiro atoms. The van der Waals surface area contributed by atoms with Gasteiger partial charge < -0.3 is 4.57 Å². The number of benzene rings is 2. The number of hydrogen-bond acceptors (Lipinski definition) is 4. The molecule has 4 aromatic rings. The Hall–Kier alpha value is -2.77. The van der Waals surface area contributed by atoms with Crippen molar-refractivity contribution in [1.29, 1.82) is 0 Å². The lowest BCUT2D eigenvalue weighted by Crippen LogP contribution is -2.37. The lowest BCUT2D eigenvalue weighted by Gasteiger charge is -2.11. The SMILES string of the molecule is Cn1c(=O)c2c(nc(SCCc3ccccc3)n2Cc2ccccc2Cl)n(C)c1=O. The summed E-state index contributed by atoms with van der Waals surface area (Å²) in [7, 11) is 3.12. The van der Waals surface area contributed by atoms with Crippen LogP contribution in [-0.2, 0) is 27.1 Å². The zero-order chi connectivity index (χ0) is 21.3. The van der Waals surface area contributed by atoms with Crippen LogP contribution in [0.4, 0.5) is 0 Å². The van der Waals surface area contributed by atoms with Crippen molar-refractivity contribution in [3.05, 3.63) is 91.6 Å². The Labute approximate surface area is 182 Å². The van der Waals surface area contributed by atoms with E-state index in [0.29, 0.717) is 27.9 Å². The fourth-order valence-corrected chi connectivity index (χ4v) is 4.56. The molecule has 2 aromatic carbocycles. The molecule has 0 unspecified atom stereocenters. The van der Waals surface area contributed by atoms with Gasteiger partial charge >= 0.3 is 5.69 Å². The minimum atomic E-state index is -0.393. The van der Waals surface area contributed by atoms with Crippen LogP contribution in [0.2, 0.25) is 5.02 Å². The number of nitrogens with zero attached hydrogens (tertiary/aromatic N) is 4. The Bertz CT molecular complexity index is 1320. The van der Waals surface area contributed by atoms with Gasteiger partial charge in [-0.25, -0.2) is 9.78 Å². The van der Waals surface area contributed by atoms with Crippen LogP contribution < -0.4 is 11.2 Å². The molecule has 0 fully saturated rings. The van der Waals surface area contributed by atoms with Gasteiger partial charge in [0.05, 0.1) is 6.54 Å². The molecule has 0 N–H and O–H groups in total. The summed E-state index contributed by atoms with van der Waals surface area (Å²) >= 11 is 7.94. The molecular formula is C22H21ClN4O2S. The van der Waals surface area contributed by atoms with Gasteiger partial charge in [0.25, 0.3) is 5.56 Å². The molecule has 0 aliphatic carbocycles. The van der Waals surface area contributed by atoms with Gasteiger partial charge in [-0.2, -0.15) is 0 Å². The van der Waals surface area contributed by atoms with Gasteiger partial charge in [-0.1, -0.05) is 71.9 Å². The molecule has 2 aromatic heterocycles. The maximum Gasteiger partial charge on any atom is 0.332 e. The molecule has 6 nitrogen and oxygen atoms in total. The molecule has 8 heteroatoms. The standard InChI is InChI=1S/C22H21ClN4O2S/c1-25-19-18(20(28)26(2)22(25)29)27(14-16-10-6-7-11-17(16)23)21(24-19)30-13-12-15-8-4-3-5-9-15/h3-11H,12-14H2,1-2H3. The second kappa shape index (κ2) is 8.53. The number of fused-ring (bicyclic) bond motifs is 1. The average Bonchev–Trinajstić information content (AvgIpc) is 3.11. The van der Waals surface area contributed by atoms with Crippen molar-refractivity contribution in [2.24, 2.45) is 14.1 Å². The van der Waals surface area contributed by atoms with E-state index < -0.39 is 5.69 Å². The van der Waals surface area contributed by atoms with Gasteiger partial charge in [-0.3, -0.25) is 13.9 Å². The van der Waals surface area contributed by atoms with Gasteiger partial charge in [-0.05, 0) is 23.6 Å². The van der Waals surface area contributed by atoms with Crippen molar-refractivity contribution < 1.29 is 0 Å². The van der Waals surface area contributed by atoms with E-state index in [1.807, 2.05) is 47.0 Å². The summed E-state index contributed by atoms with van der Waals surface area (Å²) in [6, 6.07) is 17.8. The molecule has 2 heterocycles. The Morgan fingerprint density at radius 1 is 0.967 bits per heavy atom. The van der Waals surface area contributed by atoms with E-state index in [4.69, 9.17) is 11.6 Å². The third kappa shape index (κ3) is 3.82. The average molecular weight is 441 g/mol. The summed E-state index contributed by atoms with van der Waals surface area (Å²) in [6.07, 6.45) is 0.873. The zero-order valence-corrected chi connectivity index (χ0v) is 18.3. The van der Waals surface area contributed by atoms with Crippen LogP contribution in [0.1, 0.15) is 11.1 Å². The van der Waals surface area contributed by atoms with Gasteiger partial charge in [0.1, 0.15) is 0 Å². The number of hydrogen-bond donors (Lipinski definition) is 0. The highest BCUT2D eigenvalue weighted by molar-refractivity contribution is 7.99. The van der Waals surface area contributed by atoms with E-state index in [9.17, 15) is 9.59 Å². The largest absolute Gasteiger partial charge is 0.332 e. The Morgan fingerprint density at radius 3 is 2.40 bits per heavy atom. The van der Waals surface area contributed by atoms with Crippen LogP contribution in [0.15, 0.2) is 69.3 Å². The maximum absolute atomic E-state index is 13.0. The second-order valence-corrected chi connectivity index (χ2v) is 8.50. The highest BCUT2D eigenvalue weighted by atomic mass is 35.5. The highest BCUT2D eigenvalue weighted by Crippen LogP contribution is 2.25. The predicted molar refractivity (Wildman–Crippen MR) is 122 cm³/mol. The molecule has 0 saturated heterocycles. The van der Waals surface area contributed by atoms with Crippen LogP contribution >= 0.6 is 23.4 Å². The first-order valence-corrected chi connectivity index (χ1v) is 10.9. The van der Waals surface area contributed by atoms with Crippen LogP contribution in [0.5, 0.6) is 0 Å². The summed E-state index contributed by atoms with van der Waals surface area (Å²) in [5, 5.41) is 1.32. The zero-order valence-electron chi connectivity index (χ0n) is 16.7. The topological polar surface area (TPSA) is 61.8 Å². The van der Waals surface area contributed by atoms with Crippen molar-refractivity contribution in [3.63, 3.8) is 0 Å². The molecule has 0 atom stereocenters. The molecule has 0 saturated carbocycles. The number of aryl methyl sites for hydroxylation is 2. The maximum atomic E-state index is 13.0. The number of halogens is 1. The predicted octanol–water partition coefficient (Wildman–Crippen LogP) is 3.47. The molecule has 0 aliphatic heterocycles. The van der Waals surface area contributed by atoms with E-state index >= 15 is 0 Å². The summed E-state index contributed by atoms with van der Waals surface area (Å²) in [5.74, 6) is 0.796. The van der Waals surface area contributed by atoms with E-state index in [2.05, 4.69) is 17.1 Å². The lowest BCUT2D eigenvalue weighted by atomic mass is 10.2. The van der Waals surface area contributed by atoms with Crippen molar-refractivity contribution in [2.75, 3.05) is 5.75 Å². The first-order chi connectivity index (χ1) is 14.5. The van der Waals surface area contributed by atoms with Crippen molar-refractivity contribution in [2.45, 2.75) is 18.1 Å². The molecule has 0 amide bonds. The third-order valence-electron chi connectivity index (χ3n) is 5.06. The third-order valence-corrected chi connectivity index (χ3v) is 6.41. The van der Waals surface area contributed by atoms with Gasteiger partial charge in [0, 0.05) is 24.9 Å². The van der Waals surface area contributed by atoms with Gasteiger partial charge in [-0.15, -0.1) is 0 Å². The monoisotopic (exact) mass is 440 g/mol. The molecule has 0 bridgehead atoms. The van der Waals surface area contributed by atoms with Gasteiger partial charge in [0.2, 0.25) is 0 Å². The summed E-state index contributed by atoms with van der Waals surface area (Å²) < 4.78 is 4.40. The number of imidazole rings is 1. The quantitative estimate of drug-likeness (QED) is 0.431. The molecule has 4 rings (SSSR count). The van der Waals surface area contributed by atoms with E-state index in [0.717, 1.165) is 22.3 Å². The fourth-order valence-electron chi connectivity index (χ4n) is 3.39. The van der Waals surface area contributed by atoms with Crippen LogP contribution in [0.3, 0.4) is 0 Å². The van der Waals surface area contributed by atoms with Crippen LogP contribution in [-0.4, -0.2) is 24.4 Å². The minimum Gasteiger partial charge on any atom is -0.309 e. The Morgan fingerprint density at radius 2 is 1.67 bits per heavy atom. The molecule has 154 valence electrons. The number of aromatic nitrogens is 4. The fraction of sp³-hybridized carbons (Fsp3) is 0.227. The Balaban J connectivity index is 1.79. The summed E-state index contributed by atoms with van der Waals surface area (Å²) in [4.78, 5) is 30.0. The van der Waals surface area contributed by atoms with E-state index in [1.165, 1.54) is 17.2 Å². The van der Waals surface area contributed by atoms with E-state index in [1.54, 1.807) is 18.8 Å². The minimum absolute atomic E-state index is 0.359. The van der Waals surface area contributed by atoms with Gasteiger partial charge in [0.15, 0.2) is 16.3 Å². The summed E-state index contributed by atoms with van der Waals surface area (Å²) in [6.45, 7) is 0.400. The molecule has 30 heavy (non-hydrogen) atoms. The highest BCUT2D eigenvalue weighted by Gasteiger charge is 2.20. The molecule has 0 aliphatic rings. The van der Waals surface area contributed by atoms with Crippen LogP contribution in [0.25, 0.3) is 11.2 Å². The summed E-state index contributed by atoms with van der Waals surface area (Å²) in [5.41, 5.74) is 2.17. The normalized spacial score (nSPS) is 11.3. The number of rotatable bonds is 6.